The Bertz CT molecular complexity index is 266. The first kappa shape index (κ1) is 10.6. The van der Waals surface area contributed by atoms with Crippen molar-refractivity contribution in [1.82, 2.24) is 0 Å². The minimum Gasteiger partial charge on any atom is -0.493 e. The molecule has 1 unspecified atom stereocenters. The summed E-state index contributed by atoms with van der Waals surface area (Å²) in [6.07, 6.45) is 4.91. The Labute approximate surface area is 92.4 Å². The summed E-state index contributed by atoms with van der Waals surface area (Å²) in [6, 6.07) is 0. The summed E-state index contributed by atoms with van der Waals surface area (Å²) < 4.78 is 11.7. The van der Waals surface area contributed by atoms with Crippen LogP contribution in [0.3, 0.4) is 0 Å². The highest BCUT2D eigenvalue weighted by Crippen LogP contribution is 2.33. The first-order valence-electron chi connectivity index (χ1n) is 4.04. The fourth-order valence-electron chi connectivity index (χ4n) is 1.29. The maximum atomic E-state index is 5.24. The highest BCUT2D eigenvalue weighted by Gasteiger charge is 2.20. The molecule has 0 aromatic heterocycles. The van der Waals surface area contributed by atoms with E-state index in [0.29, 0.717) is 5.92 Å². The Balaban J connectivity index is 2.96. The summed E-state index contributed by atoms with van der Waals surface area (Å²) in [4.78, 5) is 0. The molecule has 0 fully saturated rings. The van der Waals surface area contributed by atoms with Crippen LogP contribution >= 0.6 is 22.6 Å². The summed E-state index contributed by atoms with van der Waals surface area (Å²) >= 11 is 2.28. The molecule has 0 aliphatic heterocycles. The van der Waals surface area contributed by atoms with Crippen molar-refractivity contribution >= 4 is 22.6 Å². The van der Waals surface area contributed by atoms with Crippen LogP contribution in [0.1, 0.15) is 6.42 Å². The minimum atomic E-state index is 0.362. The van der Waals surface area contributed by atoms with Gasteiger partial charge in [-0.25, -0.2) is 0 Å². The van der Waals surface area contributed by atoms with Crippen LogP contribution in [-0.4, -0.2) is 14.2 Å². The third-order valence-corrected chi connectivity index (χ3v) is 2.91. The van der Waals surface area contributed by atoms with Gasteiger partial charge in [-0.05, 0) is 35.1 Å². The Kier molecular flexibility index (Phi) is 3.84. The van der Waals surface area contributed by atoms with E-state index in [2.05, 4.69) is 29.2 Å². The number of allylic oxidation sites excluding steroid dienone is 3. The molecular weight excluding hydrogens is 279 g/mol. The summed E-state index contributed by atoms with van der Waals surface area (Å²) in [5.74, 6) is 2.02. The van der Waals surface area contributed by atoms with Gasteiger partial charge in [-0.15, -0.1) is 6.58 Å². The topological polar surface area (TPSA) is 18.5 Å². The molecule has 0 bridgehead atoms. The molecule has 0 aromatic carbocycles. The van der Waals surface area contributed by atoms with Gasteiger partial charge in [-0.2, -0.15) is 0 Å². The van der Waals surface area contributed by atoms with E-state index < -0.39 is 0 Å². The first-order chi connectivity index (χ1) is 6.22. The highest BCUT2D eigenvalue weighted by molar-refractivity contribution is 14.1. The Morgan fingerprint density at radius 2 is 2.23 bits per heavy atom. The van der Waals surface area contributed by atoms with Crippen LogP contribution < -0.4 is 0 Å². The van der Waals surface area contributed by atoms with Gasteiger partial charge in [0.2, 0.25) is 0 Å². The lowest BCUT2D eigenvalue weighted by Gasteiger charge is -2.20. The summed E-state index contributed by atoms with van der Waals surface area (Å²) in [7, 11) is 3.31. The molecule has 3 heteroatoms. The number of rotatable bonds is 3. The van der Waals surface area contributed by atoms with E-state index in [1.165, 1.54) is 3.58 Å². The lowest BCUT2D eigenvalue weighted by Crippen LogP contribution is -2.08. The average molecular weight is 292 g/mol. The van der Waals surface area contributed by atoms with Crippen LogP contribution in [0.5, 0.6) is 0 Å². The molecule has 1 atom stereocenters. The molecule has 0 radical (unpaired) electrons. The molecule has 0 saturated carbocycles. The highest BCUT2D eigenvalue weighted by atomic mass is 127. The van der Waals surface area contributed by atoms with Crippen molar-refractivity contribution in [1.29, 1.82) is 0 Å². The van der Waals surface area contributed by atoms with Crippen molar-refractivity contribution in [2.45, 2.75) is 6.42 Å². The molecule has 0 amide bonds. The van der Waals surface area contributed by atoms with Crippen LogP contribution in [0.4, 0.5) is 0 Å². The molecule has 0 heterocycles. The van der Waals surface area contributed by atoms with E-state index in [4.69, 9.17) is 9.47 Å². The van der Waals surface area contributed by atoms with Crippen molar-refractivity contribution in [3.05, 3.63) is 33.8 Å². The molecule has 13 heavy (non-hydrogen) atoms. The number of hydrogen-bond acceptors (Lipinski definition) is 2. The van der Waals surface area contributed by atoms with Crippen LogP contribution in [0.2, 0.25) is 0 Å². The van der Waals surface area contributed by atoms with Crippen molar-refractivity contribution in [2.24, 2.45) is 5.92 Å². The zero-order valence-corrected chi connectivity index (χ0v) is 10.00. The van der Waals surface area contributed by atoms with E-state index in [9.17, 15) is 0 Å². The Morgan fingerprint density at radius 3 is 2.69 bits per heavy atom. The molecular formula is C10H13IO2. The van der Waals surface area contributed by atoms with Gasteiger partial charge in [0, 0.05) is 9.50 Å². The molecule has 2 nitrogen and oxygen atoms in total. The van der Waals surface area contributed by atoms with Crippen molar-refractivity contribution in [2.75, 3.05) is 14.2 Å². The van der Waals surface area contributed by atoms with Gasteiger partial charge in [0.1, 0.15) is 0 Å². The monoisotopic (exact) mass is 292 g/mol. The van der Waals surface area contributed by atoms with Crippen LogP contribution in [0.25, 0.3) is 0 Å². The number of hydrogen-bond donors (Lipinski definition) is 0. The van der Waals surface area contributed by atoms with Gasteiger partial charge in [0.05, 0.1) is 14.2 Å². The lowest BCUT2D eigenvalue weighted by atomic mass is 9.99. The Morgan fingerprint density at radius 1 is 1.54 bits per heavy atom. The van der Waals surface area contributed by atoms with E-state index in [1.807, 2.05) is 12.2 Å². The molecule has 1 rings (SSSR count). The Hall–Kier alpha value is -0.450. The minimum absolute atomic E-state index is 0.362. The largest absolute Gasteiger partial charge is 0.493 e. The molecule has 0 saturated heterocycles. The zero-order valence-electron chi connectivity index (χ0n) is 7.84. The second kappa shape index (κ2) is 4.69. The van der Waals surface area contributed by atoms with Crippen LogP contribution in [-0.2, 0) is 9.47 Å². The van der Waals surface area contributed by atoms with Gasteiger partial charge in [0.25, 0.3) is 0 Å². The molecule has 0 aromatic rings. The van der Waals surface area contributed by atoms with E-state index in [1.54, 1.807) is 14.2 Å². The molecule has 72 valence electrons. The van der Waals surface area contributed by atoms with Gasteiger partial charge >= 0.3 is 0 Å². The molecule has 1 aliphatic carbocycles. The predicted molar refractivity (Wildman–Crippen MR) is 61.5 cm³/mol. The van der Waals surface area contributed by atoms with Crippen LogP contribution in [0, 0.1) is 5.92 Å². The number of halogens is 1. The third kappa shape index (κ3) is 2.27. The second-order valence-electron chi connectivity index (χ2n) is 2.78. The maximum absolute atomic E-state index is 5.24. The van der Waals surface area contributed by atoms with Crippen molar-refractivity contribution in [3.8, 4) is 0 Å². The number of methoxy groups -OCH3 is 2. The lowest BCUT2D eigenvalue weighted by molar-refractivity contribution is 0.213. The standard InChI is InChI=1S/C10H13IO2/c1-4-7-5-8(11)10(13-3)9(6-7)12-2/h4,6-7H,1,5H2,2-3H3. The maximum Gasteiger partial charge on any atom is 0.169 e. The van der Waals surface area contributed by atoms with Gasteiger partial charge in [-0.3, -0.25) is 0 Å². The average Bonchev–Trinajstić information content (AvgIpc) is 2.16. The van der Waals surface area contributed by atoms with E-state index in [-0.39, 0.29) is 0 Å². The fourth-order valence-corrected chi connectivity index (χ4v) is 2.28. The van der Waals surface area contributed by atoms with E-state index >= 15 is 0 Å². The third-order valence-electron chi connectivity index (χ3n) is 1.98. The summed E-state index contributed by atoms with van der Waals surface area (Å²) in [6.45, 7) is 3.77. The van der Waals surface area contributed by atoms with E-state index in [0.717, 1.165) is 17.9 Å². The predicted octanol–water partition coefficient (Wildman–Crippen LogP) is 3.02. The smallest absolute Gasteiger partial charge is 0.169 e. The molecule has 0 spiro atoms. The van der Waals surface area contributed by atoms with Crippen LogP contribution in [0.15, 0.2) is 33.8 Å². The molecule has 0 N–H and O–H groups in total. The van der Waals surface area contributed by atoms with Gasteiger partial charge < -0.3 is 9.47 Å². The zero-order chi connectivity index (χ0) is 9.84. The SMILES string of the molecule is C=CC1C=C(OC)C(OC)=C(I)C1. The summed E-state index contributed by atoms with van der Waals surface area (Å²) in [5, 5.41) is 0. The number of ether oxygens (including phenoxy) is 2. The fraction of sp³-hybridized carbons (Fsp3) is 0.400. The van der Waals surface area contributed by atoms with Crippen molar-refractivity contribution < 1.29 is 9.47 Å². The van der Waals surface area contributed by atoms with Gasteiger partial charge in [0.15, 0.2) is 11.5 Å². The second-order valence-corrected chi connectivity index (χ2v) is 4.08. The first-order valence-corrected chi connectivity index (χ1v) is 5.12. The quantitative estimate of drug-likeness (QED) is 0.588. The van der Waals surface area contributed by atoms with Crippen molar-refractivity contribution in [3.63, 3.8) is 0 Å². The normalized spacial score (nSPS) is 22.4. The van der Waals surface area contributed by atoms with Gasteiger partial charge in [-0.1, -0.05) is 6.08 Å². The molecule has 1 aliphatic rings. The summed E-state index contributed by atoms with van der Waals surface area (Å²) in [5.41, 5.74) is 0.